The number of carboxylic acid groups (broad SMARTS) is 1. The lowest BCUT2D eigenvalue weighted by Crippen LogP contribution is -2.24. The van der Waals surface area contributed by atoms with E-state index in [9.17, 15) is 18.4 Å². The normalized spacial score (nSPS) is 18.1. The van der Waals surface area contributed by atoms with Crippen LogP contribution in [0.1, 0.15) is 30.9 Å². The highest BCUT2D eigenvalue weighted by Gasteiger charge is 2.32. The van der Waals surface area contributed by atoms with Crippen LogP contribution < -0.4 is 15.1 Å². The number of halogens is 4. The summed E-state index contributed by atoms with van der Waals surface area (Å²) in [5, 5.41) is 8.59. The molecule has 2 aromatic carbocycles. The Bertz CT molecular complexity index is 1410. The first-order valence-electron chi connectivity index (χ1n) is 10.9. The SMILES string of the molecule is O=C(O)Oc1cn(C2CC2)c2c(F)c(N3CCC(N=Cc4cc(F)cc(F)c4)C3)c(F)cc2c1=O. The van der Waals surface area contributed by atoms with Crippen molar-refractivity contribution in [1.82, 2.24) is 4.57 Å². The third-order valence-corrected chi connectivity index (χ3v) is 6.09. The average Bonchev–Trinajstić information content (AvgIpc) is 3.52. The van der Waals surface area contributed by atoms with Gasteiger partial charge in [0.15, 0.2) is 11.6 Å². The Kier molecular flexibility index (Phi) is 5.70. The van der Waals surface area contributed by atoms with Gasteiger partial charge in [0.2, 0.25) is 5.43 Å². The average molecular weight is 489 g/mol. The van der Waals surface area contributed by atoms with Gasteiger partial charge in [-0.2, -0.15) is 0 Å². The van der Waals surface area contributed by atoms with E-state index in [0.717, 1.165) is 30.5 Å². The maximum Gasteiger partial charge on any atom is 0.511 e. The molecule has 1 atom stereocenters. The van der Waals surface area contributed by atoms with Gasteiger partial charge in [-0.15, -0.1) is 0 Å². The van der Waals surface area contributed by atoms with Crippen LogP contribution in [0.2, 0.25) is 0 Å². The molecule has 182 valence electrons. The Morgan fingerprint density at radius 3 is 2.46 bits per heavy atom. The van der Waals surface area contributed by atoms with Gasteiger partial charge in [0, 0.05) is 31.4 Å². The Hall–Kier alpha value is -3.89. The molecule has 1 aromatic heterocycles. The van der Waals surface area contributed by atoms with Crippen LogP contribution in [0.4, 0.5) is 28.0 Å². The molecule has 1 saturated heterocycles. The second-order valence-electron chi connectivity index (χ2n) is 8.62. The molecule has 0 spiro atoms. The Labute approximate surface area is 195 Å². The summed E-state index contributed by atoms with van der Waals surface area (Å²) < 4.78 is 63.6. The van der Waals surface area contributed by atoms with Crippen LogP contribution in [-0.4, -0.2) is 41.2 Å². The van der Waals surface area contributed by atoms with Gasteiger partial charge < -0.3 is 19.3 Å². The number of aliphatic imine (C=N–C) groups is 1. The number of rotatable bonds is 5. The zero-order valence-electron chi connectivity index (χ0n) is 18.2. The molecule has 2 aliphatic rings. The molecule has 2 fully saturated rings. The minimum atomic E-state index is -1.70. The highest BCUT2D eigenvalue weighted by molar-refractivity contribution is 5.86. The van der Waals surface area contributed by atoms with Crippen LogP contribution in [-0.2, 0) is 0 Å². The third-order valence-electron chi connectivity index (χ3n) is 6.09. The van der Waals surface area contributed by atoms with Crippen LogP contribution in [0.5, 0.6) is 5.75 Å². The quantitative estimate of drug-likeness (QED) is 0.321. The van der Waals surface area contributed by atoms with E-state index in [1.54, 1.807) is 0 Å². The third kappa shape index (κ3) is 4.45. The van der Waals surface area contributed by atoms with Crippen LogP contribution >= 0.6 is 0 Å². The molecule has 0 radical (unpaired) electrons. The molecule has 2 heterocycles. The van der Waals surface area contributed by atoms with E-state index in [2.05, 4.69) is 9.73 Å². The monoisotopic (exact) mass is 489 g/mol. The number of aromatic nitrogens is 1. The number of hydrogen-bond donors (Lipinski definition) is 1. The summed E-state index contributed by atoms with van der Waals surface area (Å²) in [6, 6.07) is 3.37. The molecule has 5 rings (SSSR count). The summed E-state index contributed by atoms with van der Waals surface area (Å²) in [6.07, 6.45) is 2.60. The van der Waals surface area contributed by atoms with Gasteiger partial charge in [-0.25, -0.2) is 22.4 Å². The Morgan fingerprint density at radius 1 is 1.09 bits per heavy atom. The van der Waals surface area contributed by atoms with Gasteiger partial charge in [-0.3, -0.25) is 9.79 Å². The lowest BCUT2D eigenvalue weighted by atomic mass is 10.1. The fourth-order valence-electron chi connectivity index (χ4n) is 4.41. The van der Waals surface area contributed by atoms with Gasteiger partial charge in [0.05, 0.1) is 23.1 Å². The zero-order chi connectivity index (χ0) is 24.9. The number of anilines is 1. The topological polar surface area (TPSA) is 84.1 Å². The number of benzene rings is 2. The van der Waals surface area contributed by atoms with Gasteiger partial charge in [0.1, 0.15) is 23.1 Å². The van der Waals surface area contributed by atoms with Crippen LogP contribution in [0.3, 0.4) is 0 Å². The molecule has 35 heavy (non-hydrogen) atoms. The molecule has 1 saturated carbocycles. The summed E-state index contributed by atoms with van der Waals surface area (Å²) in [6.45, 7) is 0.425. The fraction of sp³-hybridized carbons (Fsp3) is 0.292. The van der Waals surface area contributed by atoms with Crippen molar-refractivity contribution >= 4 is 29.0 Å². The minimum absolute atomic E-state index is 0.117. The van der Waals surface area contributed by atoms with E-state index in [-0.39, 0.29) is 47.3 Å². The van der Waals surface area contributed by atoms with Crippen molar-refractivity contribution < 1.29 is 32.2 Å². The summed E-state index contributed by atoms with van der Waals surface area (Å²) in [7, 11) is 0. The van der Waals surface area contributed by atoms with Crippen molar-refractivity contribution in [2.75, 3.05) is 18.0 Å². The van der Waals surface area contributed by atoms with Crippen LogP contribution in [0.15, 0.2) is 40.2 Å². The summed E-state index contributed by atoms with van der Waals surface area (Å²) in [5.74, 6) is -3.90. The second kappa shape index (κ2) is 8.71. The molecule has 1 N–H and O–H groups in total. The molecule has 7 nitrogen and oxygen atoms in total. The first kappa shape index (κ1) is 22.9. The van der Waals surface area contributed by atoms with Gasteiger partial charge in [-0.05, 0) is 43.0 Å². The number of ether oxygens (including phenoxy) is 1. The highest BCUT2D eigenvalue weighted by Crippen LogP contribution is 2.40. The summed E-state index contributed by atoms with van der Waals surface area (Å²) in [4.78, 5) is 29.4. The van der Waals surface area contributed by atoms with E-state index >= 15 is 8.78 Å². The van der Waals surface area contributed by atoms with Crippen molar-refractivity contribution in [2.45, 2.75) is 31.3 Å². The summed E-state index contributed by atoms with van der Waals surface area (Å²) in [5.41, 5.74) is -1.12. The molecule has 0 amide bonds. The van der Waals surface area contributed by atoms with Crippen molar-refractivity contribution in [3.63, 3.8) is 0 Å². The maximum absolute atomic E-state index is 15.8. The smallest absolute Gasteiger partial charge is 0.449 e. The predicted octanol–water partition coefficient (Wildman–Crippen LogP) is 4.65. The first-order valence-corrected chi connectivity index (χ1v) is 10.9. The largest absolute Gasteiger partial charge is 0.511 e. The molecule has 11 heteroatoms. The zero-order valence-corrected chi connectivity index (χ0v) is 18.2. The van der Waals surface area contributed by atoms with Crippen molar-refractivity contribution in [3.8, 4) is 5.75 Å². The molecule has 3 aromatic rings. The highest BCUT2D eigenvalue weighted by atomic mass is 19.1. The number of hydrogen-bond acceptors (Lipinski definition) is 5. The number of carbonyl (C=O) groups is 1. The number of fused-ring (bicyclic) bond motifs is 1. The molecule has 0 bridgehead atoms. The predicted molar refractivity (Wildman–Crippen MR) is 120 cm³/mol. The second-order valence-corrected chi connectivity index (χ2v) is 8.62. The van der Waals surface area contributed by atoms with E-state index in [0.29, 0.717) is 19.3 Å². The Balaban J connectivity index is 1.49. The Morgan fingerprint density at radius 2 is 1.80 bits per heavy atom. The molecular weight excluding hydrogens is 470 g/mol. The minimum Gasteiger partial charge on any atom is -0.449 e. The van der Waals surface area contributed by atoms with E-state index in [4.69, 9.17) is 5.11 Å². The number of pyridine rings is 1. The van der Waals surface area contributed by atoms with Gasteiger partial charge in [-0.1, -0.05) is 0 Å². The van der Waals surface area contributed by atoms with Crippen LogP contribution in [0, 0.1) is 23.3 Å². The lowest BCUT2D eigenvalue weighted by Gasteiger charge is -2.22. The fourth-order valence-corrected chi connectivity index (χ4v) is 4.41. The maximum atomic E-state index is 15.8. The van der Waals surface area contributed by atoms with Gasteiger partial charge >= 0.3 is 6.16 Å². The van der Waals surface area contributed by atoms with Gasteiger partial charge in [0.25, 0.3) is 0 Å². The van der Waals surface area contributed by atoms with E-state index < -0.39 is 40.6 Å². The molecule has 1 unspecified atom stereocenters. The van der Waals surface area contributed by atoms with Crippen LogP contribution in [0.25, 0.3) is 10.9 Å². The lowest BCUT2D eigenvalue weighted by molar-refractivity contribution is 0.143. The standard InChI is InChI=1S/C24H19F4N3O4/c25-13-5-12(6-14(26)7-13)9-29-15-3-4-30(10-15)22-18(27)8-17-21(20(22)28)31(16-1-2-16)11-19(23(17)32)35-24(33)34/h5-9,11,15-16H,1-4,10H2,(H,33,34). The number of nitrogens with zero attached hydrogens (tertiary/aromatic N) is 3. The molecular formula is C24H19F4N3O4. The molecule has 1 aliphatic heterocycles. The summed E-state index contributed by atoms with van der Waals surface area (Å²) >= 11 is 0. The van der Waals surface area contributed by atoms with Crippen molar-refractivity contribution in [3.05, 3.63) is 69.5 Å². The van der Waals surface area contributed by atoms with Crippen molar-refractivity contribution in [2.24, 2.45) is 4.99 Å². The van der Waals surface area contributed by atoms with Crippen molar-refractivity contribution in [1.29, 1.82) is 0 Å². The van der Waals surface area contributed by atoms with E-state index in [1.807, 2.05) is 0 Å². The van der Waals surface area contributed by atoms with E-state index in [1.165, 1.54) is 15.7 Å². The molecule has 1 aliphatic carbocycles. The first-order chi connectivity index (χ1) is 16.7.